The zero-order valence-corrected chi connectivity index (χ0v) is 9.36. The van der Waals surface area contributed by atoms with Crippen molar-refractivity contribution in [3.05, 3.63) is 35.4 Å². The lowest BCUT2D eigenvalue weighted by molar-refractivity contribution is -0.123. The van der Waals surface area contributed by atoms with Crippen LogP contribution in [0.15, 0.2) is 24.3 Å². The van der Waals surface area contributed by atoms with E-state index < -0.39 is 0 Å². The molecule has 0 amide bonds. The Bertz CT molecular complexity index is 373. The van der Waals surface area contributed by atoms with E-state index in [1.807, 2.05) is 12.1 Å². The molecule has 0 aromatic heterocycles. The lowest BCUT2D eigenvalue weighted by atomic mass is 9.87. The number of likely N-dealkylation sites (N-methyl/N-ethyl adjacent to an activating group) is 1. The third kappa shape index (κ3) is 2.10. The molecule has 2 rings (SSSR count). The first-order valence-electron chi connectivity index (χ1n) is 5.45. The Balaban J connectivity index is 2.29. The van der Waals surface area contributed by atoms with Gasteiger partial charge in [0.25, 0.3) is 0 Å². The van der Waals surface area contributed by atoms with Gasteiger partial charge in [-0.25, -0.2) is 0 Å². The zero-order valence-electron chi connectivity index (χ0n) is 9.36. The second-order valence-corrected chi connectivity index (χ2v) is 4.39. The Morgan fingerprint density at radius 2 is 2.07 bits per heavy atom. The molecule has 0 spiro atoms. The molecule has 1 aliphatic rings. The van der Waals surface area contributed by atoms with Gasteiger partial charge in [0.2, 0.25) is 0 Å². The van der Waals surface area contributed by atoms with Gasteiger partial charge in [0.05, 0.1) is 5.92 Å². The van der Waals surface area contributed by atoms with Crippen molar-refractivity contribution in [3.63, 3.8) is 0 Å². The van der Waals surface area contributed by atoms with Crippen molar-refractivity contribution >= 4 is 5.78 Å². The minimum Gasteiger partial charge on any atom is -0.305 e. The van der Waals surface area contributed by atoms with Crippen LogP contribution in [0.2, 0.25) is 0 Å². The molecule has 1 aliphatic heterocycles. The summed E-state index contributed by atoms with van der Waals surface area (Å²) in [6.45, 7) is 3.85. The van der Waals surface area contributed by atoms with E-state index in [2.05, 4.69) is 31.0 Å². The van der Waals surface area contributed by atoms with Crippen LogP contribution in [0.5, 0.6) is 0 Å². The first-order valence-corrected chi connectivity index (χ1v) is 5.45. The van der Waals surface area contributed by atoms with Crippen molar-refractivity contribution in [1.82, 2.24) is 4.90 Å². The number of nitrogens with zero attached hydrogens (tertiary/aromatic N) is 1. The molecule has 1 aromatic rings. The molecule has 1 aromatic carbocycles. The molecule has 1 fully saturated rings. The van der Waals surface area contributed by atoms with Crippen LogP contribution < -0.4 is 0 Å². The fourth-order valence-corrected chi connectivity index (χ4v) is 2.23. The summed E-state index contributed by atoms with van der Waals surface area (Å²) in [5, 5.41) is 0. The van der Waals surface area contributed by atoms with Gasteiger partial charge in [-0.2, -0.15) is 0 Å². The minimum absolute atomic E-state index is 0.0879. The molecular formula is C13H17NO. The van der Waals surface area contributed by atoms with Crippen molar-refractivity contribution < 1.29 is 4.79 Å². The smallest absolute Gasteiger partial charge is 0.142 e. The third-order valence-electron chi connectivity index (χ3n) is 3.19. The molecule has 0 bridgehead atoms. The van der Waals surface area contributed by atoms with Gasteiger partial charge in [-0.3, -0.25) is 4.79 Å². The predicted molar refractivity (Wildman–Crippen MR) is 61.0 cm³/mol. The third-order valence-corrected chi connectivity index (χ3v) is 3.19. The van der Waals surface area contributed by atoms with Crippen molar-refractivity contribution in [2.45, 2.75) is 19.3 Å². The number of aryl methyl sites for hydroxylation is 1. The van der Waals surface area contributed by atoms with Gasteiger partial charge >= 0.3 is 0 Å². The van der Waals surface area contributed by atoms with Crippen LogP contribution in [0.25, 0.3) is 0 Å². The summed E-state index contributed by atoms with van der Waals surface area (Å²) in [6, 6.07) is 8.20. The maximum absolute atomic E-state index is 11.9. The average Bonchev–Trinajstić information content (AvgIpc) is 2.23. The molecule has 1 atom stereocenters. The van der Waals surface area contributed by atoms with Crippen molar-refractivity contribution in [3.8, 4) is 0 Å². The molecule has 2 nitrogen and oxygen atoms in total. The minimum atomic E-state index is 0.0879. The van der Waals surface area contributed by atoms with Gasteiger partial charge in [0, 0.05) is 19.5 Å². The molecule has 0 radical (unpaired) electrons. The highest BCUT2D eigenvalue weighted by Crippen LogP contribution is 2.25. The Morgan fingerprint density at radius 1 is 1.33 bits per heavy atom. The summed E-state index contributed by atoms with van der Waals surface area (Å²) in [4.78, 5) is 14.1. The topological polar surface area (TPSA) is 20.3 Å². The summed E-state index contributed by atoms with van der Waals surface area (Å²) in [5.74, 6) is 0.479. The van der Waals surface area contributed by atoms with E-state index in [4.69, 9.17) is 0 Å². The normalized spacial score (nSPS) is 23.1. The molecule has 1 heterocycles. The largest absolute Gasteiger partial charge is 0.305 e. The standard InChI is InChI=1S/C13H17NO/c1-10-5-3-4-6-11(10)12-9-14(2)8-7-13(12)15/h3-6,12H,7-9H2,1-2H3. The van der Waals surface area contributed by atoms with E-state index in [1.54, 1.807) is 0 Å². The van der Waals surface area contributed by atoms with E-state index in [-0.39, 0.29) is 5.92 Å². The second-order valence-electron chi connectivity index (χ2n) is 4.39. The number of hydrogen-bond donors (Lipinski definition) is 0. The summed E-state index contributed by atoms with van der Waals surface area (Å²) in [6.07, 6.45) is 0.690. The van der Waals surface area contributed by atoms with Crippen molar-refractivity contribution in [2.75, 3.05) is 20.1 Å². The Kier molecular flexibility index (Phi) is 2.87. The van der Waals surface area contributed by atoms with Crippen LogP contribution in [-0.2, 0) is 4.79 Å². The fourth-order valence-electron chi connectivity index (χ4n) is 2.23. The van der Waals surface area contributed by atoms with Gasteiger partial charge in [0.1, 0.15) is 5.78 Å². The SMILES string of the molecule is Cc1ccccc1C1CN(C)CCC1=O. The van der Waals surface area contributed by atoms with Gasteiger partial charge in [-0.05, 0) is 25.1 Å². The molecule has 1 saturated heterocycles. The number of ketones is 1. The molecular weight excluding hydrogens is 186 g/mol. The number of Topliss-reactive ketones (excluding diaryl/α,β-unsaturated/α-hetero) is 1. The maximum atomic E-state index is 11.9. The molecule has 15 heavy (non-hydrogen) atoms. The van der Waals surface area contributed by atoms with Gasteiger partial charge in [-0.1, -0.05) is 24.3 Å². The number of carbonyl (C=O) groups excluding carboxylic acids is 1. The monoisotopic (exact) mass is 203 g/mol. The summed E-state index contributed by atoms with van der Waals surface area (Å²) in [5.41, 5.74) is 2.43. The quantitative estimate of drug-likeness (QED) is 0.695. The molecule has 0 aliphatic carbocycles. The lowest BCUT2D eigenvalue weighted by Crippen LogP contribution is -2.37. The first kappa shape index (κ1) is 10.4. The Labute approximate surface area is 90.9 Å². The van der Waals surface area contributed by atoms with E-state index in [0.717, 1.165) is 13.1 Å². The van der Waals surface area contributed by atoms with E-state index in [9.17, 15) is 4.79 Å². The van der Waals surface area contributed by atoms with E-state index in [0.29, 0.717) is 12.2 Å². The molecule has 0 N–H and O–H groups in total. The van der Waals surface area contributed by atoms with Gasteiger partial charge < -0.3 is 4.90 Å². The number of hydrogen-bond acceptors (Lipinski definition) is 2. The number of benzene rings is 1. The van der Waals surface area contributed by atoms with Crippen LogP contribution in [0.1, 0.15) is 23.5 Å². The van der Waals surface area contributed by atoms with Gasteiger partial charge in [0.15, 0.2) is 0 Å². The fraction of sp³-hybridized carbons (Fsp3) is 0.462. The molecule has 0 saturated carbocycles. The van der Waals surface area contributed by atoms with Crippen LogP contribution >= 0.6 is 0 Å². The number of rotatable bonds is 1. The number of likely N-dealkylation sites (tertiary alicyclic amines) is 1. The van der Waals surface area contributed by atoms with Crippen molar-refractivity contribution in [1.29, 1.82) is 0 Å². The Morgan fingerprint density at radius 3 is 2.80 bits per heavy atom. The molecule has 1 unspecified atom stereocenters. The van der Waals surface area contributed by atoms with Crippen molar-refractivity contribution in [2.24, 2.45) is 0 Å². The summed E-state index contributed by atoms with van der Waals surface area (Å²) in [7, 11) is 2.08. The number of carbonyl (C=O) groups is 1. The van der Waals surface area contributed by atoms with Crippen LogP contribution in [0.4, 0.5) is 0 Å². The van der Waals surface area contributed by atoms with Crippen LogP contribution in [0.3, 0.4) is 0 Å². The number of piperidine rings is 1. The zero-order chi connectivity index (χ0) is 10.8. The predicted octanol–water partition coefficient (Wildman–Crippen LogP) is 1.98. The van der Waals surface area contributed by atoms with Crippen LogP contribution in [0, 0.1) is 6.92 Å². The van der Waals surface area contributed by atoms with E-state index >= 15 is 0 Å². The highest BCUT2D eigenvalue weighted by molar-refractivity contribution is 5.87. The Hall–Kier alpha value is -1.15. The average molecular weight is 203 g/mol. The molecule has 80 valence electrons. The van der Waals surface area contributed by atoms with E-state index in [1.165, 1.54) is 11.1 Å². The first-order chi connectivity index (χ1) is 7.18. The van der Waals surface area contributed by atoms with Crippen LogP contribution in [-0.4, -0.2) is 30.8 Å². The summed E-state index contributed by atoms with van der Waals surface area (Å²) < 4.78 is 0. The molecule has 2 heteroatoms. The summed E-state index contributed by atoms with van der Waals surface area (Å²) >= 11 is 0. The van der Waals surface area contributed by atoms with Gasteiger partial charge in [-0.15, -0.1) is 0 Å². The second kappa shape index (κ2) is 4.15. The highest BCUT2D eigenvalue weighted by atomic mass is 16.1. The lowest BCUT2D eigenvalue weighted by Gasteiger charge is -2.29. The highest BCUT2D eigenvalue weighted by Gasteiger charge is 2.27. The maximum Gasteiger partial charge on any atom is 0.142 e.